The van der Waals surface area contributed by atoms with E-state index < -0.39 is 6.10 Å². The minimum absolute atomic E-state index is 0.382. The van der Waals surface area contributed by atoms with Crippen molar-refractivity contribution in [2.24, 2.45) is 0 Å². The molecular formula is C13H20BrNO2S. The van der Waals surface area contributed by atoms with Gasteiger partial charge >= 0.3 is 0 Å². The van der Waals surface area contributed by atoms with E-state index >= 15 is 0 Å². The lowest BCUT2D eigenvalue weighted by molar-refractivity contribution is -0.00548. The molecule has 1 saturated carbocycles. The van der Waals surface area contributed by atoms with Crippen molar-refractivity contribution in [2.75, 3.05) is 13.2 Å². The van der Waals surface area contributed by atoms with Gasteiger partial charge in [-0.15, -0.1) is 11.3 Å². The van der Waals surface area contributed by atoms with Crippen LogP contribution in [-0.2, 0) is 11.3 Å². The van der Waals surface area contributed by atoms with Gasteiger partial charge in [0.05, 0.1) is 22.6 Å². The molecule has 1 aliphatic carbocycles. The monoisotopic (exact) mass is 333 g/mol. The van der Waals surface area contributed by atoms with E-state index in [-0.39, 0.29) is 0 Å². The Morgan fingerprint density at radius 1 is 1.44 bits per heavy atom. The van der Waals surface area contributed by atoms with Gasteiger partial charge in [0.2, 0.25) is 0 Å². The fourth-order valence-electron chi connectivity index (χ4n) is 2.17. The van der Waals surface area contributed by atoms with Crippen molar-refractivity contribution >= 4 is 27.3 Å². The van der Waals surface area contributed by atoms with Crippen LogP contribution in [0.3, 0.4) is 0 Å². The third-order valence-electron chi connectivity index (χ3n) is 3.13. The average Bonchev–Trinajstić information content (AvgIpc) is 2.98. The molecule has 102 valence electrons. The zero-order valence-corrected chi connectivity index (χ0v) is 12.8. The molecule has 18 heavy (non-hydrogen) atoms. The van der Waals surface area contributed by atoms with Gasteiger partial charge in [-0.25, -0.2) is 0 Å². The zero-order chi connectivity index (χ0) is 12.8. The van der Waals surface area contributed by atoms with Crippen LogP contribution in [0.4, 0.5) is 0 Å². The summed E-state index contributed by atoms with van der Waals surface area (Å²) in [5.74, 6) is 0. The van der Waals surface area contributed by atoms with E-state index in [0.29, 0.717) is 19.3 Å². The van der Waals surface area contributed by atoms with E-state index in [1.165, 1.54) is 17.7 Å². The van der Waals surface area contributed by atoms with Gasteiger partial charge in [0, 0.05) is 18.0 Å². The number of halogens is 1. The zero-order valence-electron chi connectivity index (χ0n) is 10.4. The third-order valence-corrected chi connectivity index (χ3v) is 4.76. The Morgan fingerprint density at radius 2 is 2.22 bits per heavy atom. The second-order valence-corrected chi connectivity index (χ2v) is 7.28. The van der Waals surface area contributed by atoms with Crippen LogP contribution in [0.1, 0.15) is 30.6 Å². The molecule has 2 rings (SSSR count). The summed E-state index contributed by atoms with van der Waals surface area (Å²) >= 11 is 5.15. The van der Waals surface area contributed by atoms with Crippen molar-refractivity contribution in [3.05, 3.63) is 20.8 Å². The maximum absolute atomic E-state index is 9.80. The van der Waals surface area contributed by atoms with E-state index in [4.69, 9.17) is 4.74 Å². The lowest BCUT2D eigenvalue weighted by atomic mass is 10.3. The van der Waals surface area contributed by atoms with Gasteiger partial charge in [-0.1, -0.05) is 12.8 Å². The average molecular weight is 334 g/mol. The van der Waals surface area contributed by atoms with E-state index in [2.05, 4.69) is 27.3 Å². The SMILES string of the molecule is OC(CNCc1ccc(Br)s1)COC1CCCC1. The predicted molar refractivity (Wildman–Crippen MR) is 77.9 cm³/mol. The molecule has 1 fully saturated rings. The van der Waals surface area contributed by atoms with Crippen LogP contribution in [0.15, 0.2) is 15.9 Å². The number of hydrogen-bond acceptors (Lipinski definition) is 4. The van der Waals surface area contributed by atoms with Crippen molar-refractivity contribution in [3.8, 4) is 0 Å². The molecule has 1 atom stereocenters. The molecule has 0 saturated heterocycles. The lowest BCUT2D eigenvalue weighted by Crippen LogP contribution is -2.31. The van der Waals surface area contributed by atoms with E-state index in [0.717, 1.165) is 23.2 Å². The Hall–Kier alpha value is 0.0600. The Morgan fingerprint density at radius 3 is 2.89 bits per heavy atom. The molecule has 0 aromatic carbocycles. The van der Waals surface area contributed by atoms with Crippen LogP contribution in [0.2, 0.25) is 0 Å². The Bertz CT molecular complexity index is 353. The summed E-state index contributed by atoms with van der Waals surface area (Å²) < 4.78 is 6.82. The molecular weight excluding hydrogens is 314 g/mol. The number of nitrogens with one attached hydrogen (secondary N) is 1. The number of rotatable bonds is 7. The first-order chi connectivity index (χ1) is 8.74. The van der Waals surface area contributed by atoms with Crippen molar-refractivity contribution in [2.45, 2.75) is 44.4 Å². The molecule has 1 aromatic heterocycles. The minimum Gasteiger partial charge on any atom is -0.389 e. The summed E-state index contributed by atoms with van der Waals surface area (Å²) in [7, 11) is 0. The molecule has 0 amide bonds. The molecule has 2 N–H and O–H groups in total. The van der Waals surface area contributed by atoms with Crippen LogP contribution in [-0.4, -0.2) is 30.5 Å². The van der Waals surface area contributed by atoms with Crippen molar-refractivity contribution in [3.63, 3.8) is 0 Å². The molecule has 1 aliphatic rings. The smallest absolute Gasteiger partial charge is 0.0897 e. The van der Waals surface area contributed by atoms with Crippen LogP contribution in [0.5, 0.6) is 0 Å². The summed E-state index contributed by atoms with van der Waals surface area (Å²) in [6, 6.07) is 4.13. The molecule has 0 bridgehead atoms. The predicted octanol–water partition coefficient (Wildman–Crippen LogP) is 2.92. The van der Waals surface area contributed by atoms with E-state index in [1.54, 1.807) is 11.3 Å². The molecule has 0 aliphatic heterocycles. The van der Waals surface area contributed by atoms with Gasteiger partial charge in [-0.3, -0.25) is 0 Å². The second-order valence-electron chi connectivity index (χ2n) is 4.73. The highest BCUT2D eigenvalue weighted by Gasteiger charge is 2.16. The Balaban J connectivity index is 1.55. The second kappa shape index (κ2) is 7.60. The first kappa shape index (κ1) is 14.5. The third kappa shape index (κ3) is 4.97. The van der Waals surface area contributed by atoms with E-state index in [1.807, 2.05) is 6.07 Å². The summed E-state index contributed by atoms with van der Waals surface area (Å²) in [4.78, 5) is 1.27. The largest absolute Gasteiger partial charge is 0.389 e. The van der Waals surface area contributed by atoms with Crippen molar-refractivity contribution < 1.29 is 9.84 Å². The van der Waals surface area contributed by atoms with Crippen molar-refractivity contribution in [1.82, 2.24) is 5.32 Å². The first-order valence-corrected chi connectivity index (χ1v) is 8.09. The maximum Gasteiger partial charge on any atom is 0.0897 e. The highest BCUT2D eigenvalue weighted by atomic mass is 79.9. The van der Waals surface area contributed by atoms with Crippen LogP contribution < -0.4 is 5.32 Å². The number of aliphatic hydroxyl groups excluding tert-OH is 1. The van der Waals surface area contributed by atoms with Gasteiger partial charge < -0.3 is 15.2 Å². The maximum atomic E-state index is 9.80. The number of hydrogen-bond donors (Lipinski definition) is 2. The number of aliphatic hydroxyl groups is 1. The highest BCUT2D eigenvalue weighted by molar-refractivity contribution is 9.11. The summed E-state index contributed by atoms with van der Waals surface area (Å²) in [6.07, 6.45) is 4.83. The van der Waals surface area contributed by atoms with Gasteiger partial charge in [0.15, 0.2) is 0 Å². The molecule has 1 heterocycles. The van der Waals surface area contributed by atoms with Crippen LogP contribution >= 0.6 is 27.3 Å². The van der Waals surface area contributed by atoms with Crippen molar-refractivity contribution in [1.29, 1.82) is 0 Å². The molecule has 1 unspecified atom stereocenters. The van der Waals surface area contributed by atoms with Crippen LogP contribution in [0.25, 0.3) is 0 Å². The quantitative estimate of drug-likeness (QED) is 0.806. The highest BCUT2D eigenvalue weighted by Crippen LogP contribution is 2.22. The summed E-state index contributed by atoms with van der Waals surface area (Å²) in [5, 5.41) is 13.0. The fraction of sp³-hybridized carbons (Fsp3) is 0.692. The minimum atomic E-state index is -0.408. The van der Waals surface area contributed by atoms with Gasteiger partial charge in [-0.05, 0) is 40.9 Å². The summed E-state index contributed by atoms with van der Waals surface area (Å²) in [5.41, 5.74) is 0. The molecule has 0 spiro atoms. The lowest BCUT2D eigenvalue weighted by Gasteiger charge is -2.15. The standard InChI is InChI=1S/C13H20BrNO2S/c14-13-6-5-12(18-13)8-15-7-10(16)9-17-11-3-1-2-4-11/h5-6,10-11,15-16H,1-4,7-9H2. The van der Waals surface area contributed by atoms with Gasteiger partial charge in [0.1, 0.15) is 0 Å². The van der Waals surface area contributed by atoms with E-state index in [9.17, 15) is 5.11 Å². The molecule has 5 heteroatoms. The molecule has 0 radical (unpaired) electrons. The Kier molecular flexibility index (Phi) is 6.11. The normalized spacial score (nSPS) is 18.3. The number of thiophene rings is 1. The molecule has 3 nitrogen and oxygen atoms in total. The topological polar surface area (TPSA) is 41.5 Å². The fourth-order valence-corrected chi connectivity index (χ4v) is 3.62. The summed E-state index contributed by atoms with van der Waals surface area (Å²) in [6.45, 7) is 1.84. The first-order valence-electron chi connectivity index (χ1n) is 6.48. The van der Waals surface area contributed by atoms with Crippen LogP contribution in [0, 0.1) is 0 Å². The Labute approximate surface area is 121 Å². The van der Waals surface area contributed by atoms with Gasteiger partial charge in [0.25, 0.3) is 0 Å². The van der Waals surface area contributed by atoms with Gasteiger partial charge in [-0.2, -0.15) is 0 Å². The molecule has 1 aromatic rings. The number of ether oxygens (including phenoxy) is 1.